The fraction of sp³-hybridized carbons (Fsp3) is 0.143. The molecule has 76 valence electrons. The molecule has 1 aromatic heterocycles. The molecule has 0 atom stereocenters. The van der Waals surface area contributed by atoms with E-state index < -0.39 is 34.5 Å². The van der Waals surface area contributed by atoms with Crippen LogP contribution in [-0.4, -0.2) is 15.3 Å². The number of carbonyl (C=O) groups excluding carboxylic acids is 1. The minimum Gasteiger partial charge on any atom is -0.504 e. The number of halogens is 3. The quantitative estimate of drug-likeness (QED) is 0.747. The molecule has 0 radical (unpaired) electrons. The van der Waals surface area contributed by atoms with E-state index in [4.69, 9.17) is 22.4 Å². The summed E-state index contributed by atoms with van der Waals surface area (Å²) in [4.78, 5) is 13.9. The summed E-state index contributed by atoms with van der Waals surface area (Å²) in [7, 11) is 0. The minimum absolute atomic E-state index is 0.418. The highest BCUT2D eigenvalue weighted by molar-refractivity contribution is 6.67. The van der Waals surface area contributed by atoms with Gasteiger partial charge >= 0.3 is 0 Å². The van der Waals surface area contributed by atoms with Gasteiger partial charge in [0.2, 0.25) is 0 Å². The predicted octanol–water partition coefficient (Wildman–Crippen LogP) is 1.69. The number of pyridine rings is 1. The van der Waals surface area contributed by atoms with E-state index in [9.17, 15) is 13.6 Å². The van der Waals surface area contributed by atoms with Crippen LogP contribution in [0.2, 0.25) is 0 Å². The molecule has 3 N–H and O–H groups in total. The summed E-state index contributed by atoms with van der Waals surface area (Å²) in [5.74, 6) is -1.03. The highest BCUT2D eigenvalue weighted by Crippen LogP contribution is 2.29. The lowest BCUT2D eigenvalue weighted by Gasteiger charge is -2.06. The van der Waals surface area contributed by atoms with Crippen molar-refractivity contribution in [1.29, 1.82) is 0 Å². The lowest BCUT2D eigenvalue weighted by Crippen LogP contribution is -2.05. The molecule has 14 heavy (non-hydrogen) atoms. The van der Waals surface area contributed by atoms with E-state index >= 15 is 0 Å². The number of carbonyl (C=O) groups is 1. The summed E-state index contributed by atoms with van der Waals surface area (Å²) >= 11 is 5.00. The summed E-state index contributed by atoms with van der Waals surface area (Å²) in [5, 5.41) is 7.83. The monoisotopic (exact) mass is 222 g/mol. The average Bonchev–Trinajstić information content (AvgIpc) is 2.08. The van der Waals surface area contributed by atoms with E-state index in [1.54, 1.807) is 0 Å². The first kappa shape index (κ1) is 10.6. The second-order valence-electron chi connectivity index (χ2n) is 2.40. The Morgan fingerprint density at radius 2 is 2.21 bits per heavy atom. The van der Waals surface area contributed by atoms with Crippen molar-refractivity contribution in [3.63, 3.8) is 0 Å². The summed E-state index contributed by atoms with van der Waals surface area (Å²) in [6.07, 6.45) is -2.95. The zero-order valence-corrected chi connectivity index (χ0v) is 7.42. The minimum atomic E-state index is -2.95. The van der Waals surface area contributed by atoms with Crippen molar-refractivity contribution in [3.8, 4) is 5.75 Å². The Hall–Kier alpha value is -1.43. The molecule has 0 saturated heterocycles. The maximum Gasteiger partial charge on any atom is 0.271 e. The third-order valence-electron chi connectivity index (χ3n) is 1.48. The van der Waals surface area contributed by atoms with Crippen LogP contribution >= 0.6 is 11.6 Å². The van der Waals surface area contributed by atoms with Crippen LogP contribution in [0.3, 0.4) is 0 Å². The molecule has 0 aliphatic heterocycles. The molecule has 0 aliphatic rings. The van der Waals surface area contributed by atoms with Gasteiger partial charge in [-0.3, -0.25) is 4.79 Å². The normalized spacial score (nSPS) is 10.6. The van der Waals surface area contributed by atoms with Crippen molar-refractivity contribution in [2.24, 2.45) is 0 Å². The van der Waals surface area contributed by atoms with E-state index in [1.165, 1.54) is 0 Å². The predicted molar refractivity (Wildman–Crippen MR) is 45.5 cm³/mol. The molecule has 0 amide bonds. The summed E-state index contributed by atoms with van der Waals surface area (Å²) in [6, 6.07) is 0.669. The molecule has 0 bridgehead atoms. The number of rotatable bonds is 2. The van der Waals surface area contributed by atoms with Gasteiger partial charge in [0.25, 0.3) is 11.7 Å². The molecule has 0 saturated carbocycles. The highest BCUT2D eigenvalue weighted by Gasteiger charge is 2.21. The lowest BCUT2D eigenvalue weighted by atomic mass is 10.2. The Labute approximate surface area is 82.3 Å². The zero-order valence-electron chi connectivity index (χ0n) is 6.67. The Bertz CT molecular complexity index is 384. The van der Waals surface area contributed by atoms with Gasteiger partial charge in [-0.15, -0.1) is 0 Å². The number of hydrogen-bond acceptors (Lipinski definition) is 4. The van der Waals surface area contributed by atoms with Gasteiger partial charge in [-0.05, 0) is 17.7 Å². The highest BCUT2D eigenvalue weighted by atomic mass is 35.5. The van der Waals surface area contributed by atoms with Crippen LogP contribution < -0.4 is 5.73 Å². The Balaban J connectivity index is 3.39. The van der Waals surface area contributed by atoms with Crippen LogP contribution in [0.1, 0.15) is 22.5 Å². The number of hydrogen-bond donors (Lipinski definition) is 2. The van der Waals surface area contributed by atoms with Crippen LogP contribution in [0.25, 0.3) is 0 Å². The number of aromatic hydroxyl groups is 1. The molecule has 0 fully saturated rings. The molecule has 0 aromatic carbocycles. The Kier molecular flexibility index (Phi) is 2.85. The molecule has 4 nitrogen and oxygen atoms in total. The molecule has 1 rings (SSSR count). The van der Waals surface area contributed by atoms with Crippen molar-refractivity contribution in [3.05, 3.63) is 17.3 Å². The number of nitrogens with zero attached hydrogens (tertiary/aromatic N) is 1. The van der Waals surface area contributed by atoms with Gasteiger partial charge in [-0.25, -0.2) is 13.8 Å². The van der Waals surface area contributed by atoms with Gasteiger partial charge in [-0.2, -0.15) is 0 Å². The Morgan fingerprint density at radius 3 is 2.64 bits per heavy atom. The smallest absolute Gasteiger partial charge is 0.271 e. The summed E-state index contributed by atoms with van der Waals surface area (Å²) < 4.78 is 24.6. The molecule has 0 aliphatic carbocycles. The van der Waals surface area contributed by atoms with Gasteiger partial charge < -0.3 is 10.8 Å². The number of alkyl halides is 2. The van der Waals surface area contributed by atoms with Gasteiger partial charge in [0.15, 0.2) is 11.6 Å². The largest absolute Gasteiger partial charge is 0.504 e. The van der Waals surface area contributed by atoms with E-state index in [2.05, 4.69) is 4.98 Å². The van der Waals surface area contributed by atoms with Crippen molar-refractivity contribution in [1.82, 2.24) is 4.98 Å². The summed E-state index contributed by atoms with van der Waals surface area (Å²) in [6.45, 7) is 0. The second kappa shape index (κ2) is 3.75. The average molecular weight is 223 g/mol. The molecule has 0 unspecified atom stereocenters. The van der Waals surface area contributed by atoms with Crippen molar-refractivity contribution in [2.45, 2.75) is 6.43 Å². The standard InChI is InChI=1S/C7H5ClF2N2O2/c8-5(14)4-2(6(9)10)1-3(13)7(11)12-4/h1,6,13H,(H2,11,12). The van der Waals surface area contributed by atoms with E-state index in [-0.39, 0.29) is 0 Å². The van der Waals surface area contributed by atoms with Gasteiger partial charge in [0.05, 0.1) is 5.56 Å². The first-order chi connectivity index (χ1) is 6.43. The molecule has 1 heterocycles. The molecule has 7 heteroatoms. The van der Waals surface area contributed by atoms with Crippen LogP contribution in [0, 0.1) is 0 Å². The molecule has 1 aromatic rings. The second-order valence-corrected chi connectivity index (χ2v) is 2.75. The number of anilines is 1. The maximum atomic E-state index is 12.3. The van der Waals surface area contributed by atoms with E-state index in [1.807, 2.05) is 0 Å². The first-order valence-electron chi connectivity index (χ1n) is 3.41. The number of nitrogen functional groups attached to an aromatic ring is 1. The summed E-state index contributed by atoms with van der Waals surface area (Å²) in [5.41, 5.74) is 3.73. The molecule has 0 spiro atoms. The third kappa shape index (κ3) is 1.90. The topological polar surface area (TPSA) is 76.2 Å². The third-order valence-corrected chi connectivity index (χ3v) is 1.66. The van der Waals surface area contributed by atoms with Gasteiger partial charge in [0.1, 0.15) is 5.69 Å². The number of nitrogens with two attached hydrogens (primary N) is 1. The van der Waals surface area contributed by atoms with Crippen molar-refractivity contribution in [2.75, 3.05) is 5.73 Å². The molecular weight excluding hydrogens is 218 g/mol. The van der Waals surface area contributed by atoms with Gasteiger partial charge in [0, 0.05) is 0 Å². The SMILES string of the molecule is Nc1nc(C(=O)Cl)c(C(F)F)cc1O. The fourth-order valence-corrected chi connectivity index (χ4v) is 1.01. The number of aromatic nitrogens is 1. The van der Waals surface area contributed by atoms with Crippen LogP contribution in [-0.2, 0) is 0 Å². The van der Waals surface area contributed by atoms with E-state index in [0.29, 0.717) is 6.07 Å². The first-order valence-corrected chi connectivity index (χ1v) is 3.78. The maximum absolute atomic E-state index is 12.3. The molecular formula is C7H5ClF2N2O2. The Morgan fingerprint density at radius 1 is 1.64 bits per heavy atom. The van der Waals surface area contributed by atoms with E-state index in [0.717, 1.165) is 0 Å². The van der Waals surface area contributed by atoms with Crippen LogP contribution in [0.15, 0.2) is 6.07 Å². The van der Waals surface area contributed by atoms with Crippen molar-refractivity contribution < 1.29 is 18.7 Å². The van der Waals surface area contributed by atoms with Crippen LogP contribution in [0.4, 0.5) is 14.6 Å². The van der Waals surface area contributed by atoms with Gasteiger partial charge in [-0.1, -0.05) is 0 Å². The fourth-order valence-electron chi connectivity index (χ4n) is 0.856. The zero-order chi connectivity index (χ0) is 10.9. The van der Waals surface area contributed by atoms with Crippen LogP contribution in [0.5, 0.6) is 5.75 Å². The van der Waals surface area contributed by atoms with Crippen molar-refractivity contribution >= 4 is 22.7 Å². The lowest BCUT2D eigenvalue weighted by molar-refractivity contribution is 0.106.